The number of nitrogens with zero attached hydrogens (tertiary/aromatic N) is 3. The third kappa shape index (κ3) is 4.25. The van der Waals surface area contributed by atoms with Gasteiger partial charge in [0.15, 0.2) is 0 Å². The van der Waals surface area contributed by atoms with Crippen molar-refractivity contribution in [2.45, 2.75) is 50.9 Å². The van der Waals surface area contributed by atoms with Crippen LogP contribution >= 0.6 is 0 Å². The Hall–Kier alpha value is -0.940. The van der Waals surface area contributed by atoms with E-state index in [0.29, 0.717) is 6.04 Å². The highest BCUT2D eigenvalue weighted by molar-refractivity contribution is 5.15. The maximum Gasteiger partial charge on any atom is 0.0594 e. The zero-order chi connectivity index (χ0) is 17.1. The van der Waals surface area contributed by atoms with Gasteiger partial charge < -0.3 is 4.74 Å². The van der Waals surface area contributed by atoms with Crippen LogP contribution in [0.1, 0.15) is 31.7 Å². The zero-order valence-electron chi connectivity index (χ0n) is 15.6. The normalized spacial score (nSPS) is 30.3. The van der Waals surface area contributed by atoms with Gasteiger partial charge in [-0.15, -0.1) is 0 Å². The van der Waals surface area contributed by atoms with E-state index in [1.807, 2.05) is 0 Å². The Morgan fingerprint density at radius 3 is 2.40 bits per heavy atom. The maximum absolute atomic E-state index is 5.52. The van der Waals surface area contributed by atoms with Gasteiger partial charge in [-0.05, 0) is 25.3 Å². The molecule has 3 heterocycles. The standard InChI is InChI=1S/C21H33N3O/c1-18(23-10-12-25-13-11-23)14-24-20-8-5-9-21(24)17-22(16-20)15-19-6-3-2-4-7-19/h2-4,6-7,18,20-21H,5,8-17H2,1H3. The van der Waals surface area contributed by atoms with Gasteiger partial charge in [0.2, 0.25) is 0 Å². The minimum Gasteiger partial charge on any atom is -0.379 e. The topological polar surface area (TPSA) is 19.0 Å². The predicted octanol–water partition coefficient (Wildman–Crippen LogP) is 2.45. The quantitative estimate of drug-likeness (QED) is 0.817. The number of morpholine rings is 1. The summed E-state index contributed by atoms with van der Waals surface area (Å²) < 4.78 is 5.52. The smallest absolute Gasteiger partial charge is 0.0594 e. The molecular formula is C21H33N3O. The Balaban J connectivity index is 1.36. The highest BCUT2D eigenvalue weighted by atomic mass is 16.5. The van der Waals surface area contributed by atoms with E-state index in [9.17, 15) is 0 Å². The molecule has 4 rings (SSSR count). The minimum atomic E-state index is 0.646. The molecule has 3 aliphatic rings. The molecule has 0 N–H and O–H groups in total. The molecule has 0 aliphatic carbocycles. The van der Waals surface area contributed by atoms with Gasteiger partial charge in [-0.1, -0.05) is 36.8 Å². The van der Waals surface area contributed by atoms with Crippen LogP contribution in [0.15, 0.2) is 30.3 Å². The lowest BCUT2D eigenvalue weighted by Gasteiger charge is -2.52. The number of rotatable bonds is 5. The Morgan fingerprint density at radius 2 is 1.72 bits per heavy atom. The van der Waals surface area contributed by atoms with Crippen LogP contribution in [0.3, 0.4) is 0 Å². The fraction of sp³-hybridized carbons (Fsp3) is 0.714. The SMILES string of the molecule is CC(CN1C2CCCC1CN(Cc1ccccc1)C2)N1CCOCC1. The lowest BCUT2D eigenvalue weighted by atomic mass is 9.90. The molecule has 1 aromatic rings. The largest absolute Gasteiger partial charge is 0.379 e. The minimum absolute atomic E-state index is 0.646. The predicted molar refractivity (Wildman–Crippen MR) is 102 cm³/mol. The molecule has 3 unspecified atom stereocenters. The van der Waals surface area contributed by atoms with Crippen molar-refractivity contribution in [3.05, 3.63) is 35.9 Å². The fourth-order valence-corrected chi connectivity index (χ4v) is 4.99. The van der Waals surface area contributed by atoms with Gasteiger partial charge in [-0.3, -0.25) is 14.7 Å². The van der Waals surface area contributed by atoms with E-state index in [1.54, 1.807) is 0 Å². The second kappa shape index (κ2) is 8.17. The van der Waals surface area contributed by atoms with E-state index in [1.165, 1.54) is 44.5 Å². The van der Waals surface area contributed by atoms with E-state index in [2.05, 4.69) is 52.0 Å². The number of piperidine rings is 1. The van der Waals surface area contributed by atoms with Crippen LogP contribution < -0.4 is 0 Å². The molecule has 0 aromatic heterocycles. The molecule has 3 fully saturated rings. The number of likely N-dealkylation sites (tertiary alicyclic amines) is 1. The van der Waals surface area contributed by atoms with Crippen LogP contribution in [0.2, 0.25) is 0 Å². The summed E-state index contributed by atoms with van der Waals surface area (Å²) in [7, 11) is 0. The summed E-state index contributed by atoms with van der Waals surface area (Å²) in [5.74, 6) is 0. The van der Waals surface area contributed by atoms with Gasteiger partial charge in [-0.25, -0.2) is 0 Å². The van der Waals surface area contributed by atoms with Crippen LogP contribution in [0.25, 0.3) is 0 Å². The first-order chi connectivity index (χ1) is 12.3. The number of hydrogen-bond donors (Lipinski definition) is 0. The second-order valence-electron chi connectivity index (χ2n) is 8.11. The van der Waals surface area contributed by atoms with E-state index in [-0.39, 0.29) is 0 Å². The summed E-state index contributed by atoms with van der Waals surface area (Å²) in [4.78, 5) is 8.17. The first-order valence-electron chi connectivity index (χ1n) is 10.1. The molecule has 0 amide bonds. The molecule has 0 saturated carbocycles. The van der Waals surface area contributed by atoms with Crippen LogP contribution in [0, 0.1) is 0 Å². The Bertz CT molecular complexity index is 517. The van der Waals surface area contributed by atoms with Crippen LogP contribution in [0.5, 0.6) is 0 Å². The van der Waals surface area contributed by atoms with Crippen molar-refractivity contribution in [1.29, 1.82) is 0 Å². The molecule has 138 valence electrons. The molecule has 3 atom stereocenters. The number of hydrogen-bond acceptors (Lipinski definition) is 4. The maximum atomic E-state index is 5.52. The molecule has 0 radical (unpaired) electrons. The summed E-state index contributed by atoms with van der Waals surface area (Å²) in [6.45, 7) is 11.2. The van der Waals surface area contributed by atoms with Gasteiger partial charge >= 0.3 is 0 Å². The highest BCUT2D eigenvalue weighted by Gasteiger charge is 2.38. The first-order valence-corrected chi connectivity index (χ1v) is 10.1. The molecular weight excluding hydrogens is 310 g/mol. The Labute approximate surface area is 152 Å². The van der Waals surface area contributed by atoms with Crippen LogP contribution in [-0.2, 0) is 11.3 Å². The second-order valence-corrected chi connectivity index (χ2v) is 8.11. The summed E-state index contributed by atoms with van der Waals surface area (Å²) in [5.41, 5.74) is 1.45. The third-order valence-electron chi connectivity index (χ3n) is 6.34. The lowest BCUT2D eigenvalue weighted by molar-refractivity contribution is -0.0396. The molecule has 25 heavy (non-hydrogen) atoms. The van der Waals surface area contributed by atoms with Crippen molar-refractivity contribution < 1.29 is 4.74 Å². The molecule has 1 aromatic carbocycles. The molecule has 4 nitrogen and oxygen atoms in total. The van der Waals surface area contributed by atoms with Crippen molar-refractivity contribution in [1.82, 2.24) is 14.7 Å². The average molecular weight is 344 g/mol. The van der Waals surface area contributed by atoms with Gasteiger partial charge in [0.25, 0.3) is 0 Å². The average Bonchev–Trinajstić information content (AvgIpc) is 2.64. The number of benzene rings is 1. The summed E-state index contributed by atoms with van der Waals surface area (Å²) in [6.07, 6.45) is 4.16. The molecule has 4 heteroatoms. The Morgan fingerprint density at radius 1 is 1.04 bits per heavy atom. The first kappa shape index (κ1) is 17.5. The van der Waals surface area contributed by atoms with Crippen LogP contribution in [0.4, 0.5) is 0 Å². The number of fused-ring (bicyclic) bond motifs is 2. The zero-order valence-corrected chi connectivity index (χ0v) is 15.6. The fourth-order valence-electron chi connectivity index (χ4n) is 4.99. The van der Waals surface area contributed by atoms with Crippen LogP contribution in [-0.4, -0.2) is 78.8 Å². The summed E-state index contributed by atoms with van der Waals surface area (Å²) in [5, 5.41) is 0. The van der Waals surface area contributed by atoms with E-state index in [4.69, 9.17) is 4.74 Å². The van der Waals surface area contributed by atoms with E-state index >= 15 is 0 Å². The van der Waals surface area contributed by atoms with Crippen molar-refractivity contribution in [2.24, 2.45) is 0 Å². The monoisotopic (exact) mass is 343 g/mol. The molecule has 2 bridgehead atoms. The molecule has 3 saturated heterocycles. The number of piperazine rings is 1. The number of ether oxygens (including phenoxy) is 1. The Kier molecular flexibility index (Phi) is 5.71. The van der Waals surface area contributed by atoms with Gasteiger partial charge in [0, 0.05) is 57.4 Å². The van der Waals surface area contributed by atoms with E-state index < -0.39 is 0 Å². The van der Waals surface area contributed by atoms with Crippen molar-refractivity contribution in [2.75, 3.05) is 45.9 Å². The van der Waals surface area contributed by atoms with Gasteiger partial charge in [0.05, 0.1) is 13.2 Å². The lowest BCUT2D eigenvalue weighted by Crippen LogP contribution is -2.63. The summed E-state index contributed by atoms with van der Waals surface area (Å²) >= 11 is 0. The summed E-state index contributed by atoms with van der Waals surface area (Å²) in [6, 6.07) is 13.1. The van der Waals surface area contributed by atoms with Gasteiger partial charge in [0.1, 0.15) is 0 Å². The van der Waals surface area contributed by atoms with Crippen molar-refractivity contribution in [3.63, 3.8) is 0 Å². The van der Waals surface area contributed by atoms with Gasteiger partial charge in [-0.2, -0.15) is 0 Å². The molecule has 0 spiro atoms. The molecule has 3 aliphatic heterocycles. The van der Waals surface area contributed by atoms with Crippen molar-refractivity contribution >= 4 is 0 Å². The third-order valence-corrected chi connectivity index (χ3v) is 6.34. The van der Waals surface area contributed by atoms with Crippen molar-refractivity contribution in [3.8, 4) is 0 Å². The highest BCUT2D eigenvalue weighted by Crippen LogP contribution is 2.30. The van der Waals surface area contributed by atoms with E-state index in [0.717, 1.165) is 44.9 Å².